The summed E-state index contributed by atoms with van der Waals surface area (Å²) in [5.41, 5.74) is 3.22. The van der Waals surface area contributed by atoms with Gasteiger partial charge < -0.3 is 19.1 Å². The number of methoxy groups -OCH3 is 2. The van der Waals surface area contributed by atoms with E-state index in [9.17, 15) is 4.79 Å². The smallest absolute Gasteiger partial charge is 0.303 e. The third-order valence-corrected chi connectivity index (χ3v) is 7.22. The van der Waals surface area contributed by atoms with E-state index in [4.69, 9.17) is 25.8 Å². The molecule has 0 radical (unpaired) electrons. The van der Waals surface area contributed by atoms with Crippen molar-refractivity contribution in [1.29, 1.82) is 0 Å². The number of rotatable bonds is 10. The standard InChI is InChI=1S/C28H38ClNO4.ClH/c1-19(2)27-24-9-8-23(29)18-22(24)11-13-28(27,34-20(3)31)14-16-30(4)15-12-21-7-10-25(32-5)26(17-21)33-6;/h7-10,17-19,27H,11-16H2,1-6H3;1H/t27-,28-;/m0./s1. The minimum Gasteiger partial charge on any atom is -0.493 e. The first-order valence-corrected chi connectivity index (χ1v) is 12.4. The second-order valence-electron chi connectivity index (χ2n) is 9.72. The highest BCUT2D eigenvalue weighted by molar-refractivity contribution is 6.30. The predicted molar refractivity (Wildman–Crippen MR) is 144 cm³/mol. The van der Waals surface area contributed by atoms with E-state index in [1.165, 1.54) is 23.6 Å². The van der Waals surface area contributed by atoms with Gasteiger partial charge in [-0.2, -0.15) is 0 Å². The molecule has 5 nitrogen and oxygen atoms in total. The average Bonchev–Trinajstić information content (AvgIpc) is 2.80. The molecule has 0 N–H and O–H groups in total. The van der Waals surface area contributed by atoms with Gasteiger partial charge in [0.05, 0.1) is 14.2 Å². The fraction of sp³-hybridized carbons (Fsp3) is 0.536. The van der Waals surface area contributed by atoms with E-state index in [0.29, 0.717) is 5.92 Å². The van der Waals surface area contributed by atoms with Gasteiger partial charge in [0, 0.05) is 37.4 Å². The zero-order valence-electron chi connectivity index (χ0n) is 21.7. The molecule has 1 aliphatic rings. The highest BCUT2D eigenvalue weighted by Gasteiger charge is 2.47. The van der Waals surface area contributed by atoms with E-state index in [-0.39, 0.29) is 24.3 Å². The molecule has 1 aliphatic carbocycles. The van der Waals surface area contributed by atoms with Crippen LogP contribution in [0.3, 0.4) is 0 Å². The molecule has 0 saturated carbocycles. The fourth-order valence-corrected chi connectivity index (χ4v) is 5.62. The molecule has 0 unspecified atom stereocenters. The van der Waals surface area contributed by atoms with Gasteiger partial charge in [0.1, 0.15) is 5.60 Å². The minimum absolute atomic E-state index is 0. The van der Waals surface area contributed by atoms with Gasteiger partial charge in [-0.05, 0) is 73.2 Å². The molecule has 3 rings (SSSR count). The van der Waals surface area contributed by atoms with Crippen LogP contribution in [0.15, 0.2) is 36.4 Å². The molecule has 0 heterocycles. The van der Waals surface area contributed by atoms with Crippen LogP contribution in [0.2, 0.25) is 5.02 Å². The number of likely N-dealkylation sites (N-methyl/N-ethyl adjacent to an activating group) is 1. The summed E-state index contributed by atoms with van der Waals surface area (Å²) in [7, 11) is 5.43. The number of nitrogens with zero attached hydrogens (tertiary/aromatic N) is 1. The number of benzene rings is 2. The average molecular weight is 525 g/mol. The van der Waals surface area contributed by atoms with Crippen molar-refractivity contribution >= 4 is 30.0 Å². The van der Waals surface area contributed by atoms with Crippen LogP contribution in [-0.2, 0) is 22.4 Å². The van der Waals surface area contributed by atoms with Crippen molar-refractivity contribution < 1.29 is 19.0 Å². The molecule has 194 valence electrons. The van der Waals surface area contributed by atoms with Gasteiger partial charge in [-0.3, -0.25) is 4.79 Å². The topological polar surface area (TPSA) is 48.0 Å². The van der Waals surface area contributed by atoms with Crippen LogP contribution in [0, 0.1) is 5.92 Å². The number of fused-ring (bicyclic) bond motifs is 1. The van der Waals surface area contributed by atoms with E-state index in [0.717, 1.165) is 55.3 Å². The molecule has 0 bridgehead atoms. The van der Waals surface area contributed by atoms with Gasteiger partial charge in [0.25, 0.3) is 0 Å². The Morgan fingerprint density at radius 2 is 1.83 bits per heavy atom. The summed E-state index contributed by atoms with van der Waals surface area (Å²) in [5, 5.41) is 0.760. The summed E-state index contributed by atoms with van der Waals surface area (Å²) < 4.78 is 17.0. The third kappa shape index (κ3) is 7.05. The first-order valence-electron chi connectivity index (χ1n) is 12.1. The summed E-state index contributed by atoms with van der Waals surface area (Å²) in [6.45, 7) is 7.69. The number of hydrogen-bond acceptors (Lipinski definition) is 5. The van der Waals surface area contributed by atoms with E-state index >= 15 is 0 Å². The van der Waals surface area contributed by atoms with E-state index in [1.54, 1.807) is 14.2 Å². The van der Waals surface area contributed by atoms with Crippen LogP contribution < -0.4 is 9.47 Å². The molecule has 2 aromatic carbocycles. The third-order valence-electron chi connectivity index (χ3n) is 6.98. The monoisotopic (exact) mass is 523 g/mol. The quantitative estimate of drug-likeness (QED) is 0.340. The Hall–Kier alpha value is -1.95. The molecule has 2 aromatic rings. The van der Waals surface area contributed by atoms with Crippen molar-refractivity contribution in [1.82, 2.24) is 4.90 Å². The molecule has 35 heavy (non-hydrogen) atoms. The summed E-state index contributed by atoms with van der Waals surface area (Å²) in [4.78, 5) is 14.6. The van der Waals surface area contributed by atoms with Gasteiger partial charge >= 0.3 is 5.97 Å². The van der Waals surface area contributed by atoms with Gasteiger partial charge in [0.2, 0.25) is 0 Å². The van der Waals surface area contributed by atoms with Crippen LogP contribution in [0.25, 0.3) is 0 Å². The fourth-order valence-electron chi connectivity index (χ4n) is 5.43. The number of hydrogen-bond donors (Lipinski definition) is 0. The summed E-state index contributed by atoms with van der Waals surface area (Å²) >= 11 is 6.28. The Kier molecular flexibility index (Phi) is 10.7. The van der Waals surface area contributed by atoms with Crippen LogP contribution in [-0.4, -0.2) is 50.8 Å². The number of carbonyl (C=O) groups excluding carboxylic acids is 1. The van der Waals surface area contributed by atoms with Crippen molar-refractivity contribution in [3.63, 3.8) is 0 Å². The Balaban J connectivity index is 0.00000432. The first-order chi connectivity index (χ1) is 16.2. The van der Waals surface area contributed by atoms with Gasteiger partial charge in [-0.1, -0.05) is 37.6 Å². The van der Waals surface area contributed by atoms with Crippen LogP contribution in [0.4, 0.5) is 0 Å². The molecule has 0 fully saturated rings. The Morgan fingerprint density at radius 3 is 2.46 bits per heavy atom. The highest BCUT2D eigenvalue weighted by Crippen LogP contribution is 2.48. The number of carbonyl (C=O) groups is 1. The van der Waals surface area contributed by atoms with Crippen molar-refractivity contribution in [2.75, 3.05) is 34.4 Å². The van der Waals surface area contributed by atoms with Crippen molar-refractivity contribution in [2.24, 2.45) is 5.92 Å². The van der Waals surface area contributed by atoms with Gasteiger partial charge in [-0.15, -0.1) is 12.4 Å². The summed E-state index contributed by atoms with van der Waals surface area (Å²) in [6.07, 6.45) is 3.36. The molecule has 0 saturated heterocycles. The van der Waals surface area contributed by atoms with Crippen molar-refractivity contribution in [3.05, 3.63) is 58.1 Å². The second-order valence-corrected chi connectivity index (χ2v) is 10.2. The molecular formula is C28H39Cl2NO4. The Bertz CT molecular complexity index is 997. The van der Waals surface area contributed by atoms with Gasteiger partial charge in [-0.25, -0.2) is 0 Å². The van der Waals surface area contributed by atoms with E-state index in [1.807, 2.05) is 18.2 Å². The van der Waals surface area contributed by atoms with Crippen LogP contribution in [0.5, 0.6) is 11.5 Å². The number of ether oxygens (including phenoxy) is 3. The molecule has 0 amide bonds. The normalized spacial score (nSPS) is 19.2. The lowest BCUT2D eigenvalue weighted by Crippen LogP contribution is -2.48. The maximum atomic E-state index is 12.2. The maximum absolute atomic E-state index is 12.2. The molecule has 0 spiro atoms. The zero-order chi connectivity index (χ0) is 24.9. The second kappa shape index (κ2) is 12.8. The zero-order valence-corrected chi connectivity index (χ0v) is 23.3. The first kappa shape index (κ1) is 29.3. The lowest BCUT2D eigenvalue weighted by atomic mass is 9.65. The van der Waals surface area contributed by atoms with Crippen LogP contribution in [0.1, 0.15) is 56.2 Å². The van der Waals surface area contributed by atoms with E-state index < -0.39 is 5.60 Å². The number of esters is 1. The SMILES string of the molecule is COc1ccc(CCN(C)CC[C@@]2(OC(C)=O)CCc3cc(Cl)ccc3[C@@H]2C(C)C)cc1OC.Cl. The van der Waals surface area contributed by atoms with Gasteiger partial charge in [0.15, 0.2) is 11.5 Å². The molecular weight excluding hydrogens is 485 g/mol. The number of aryl methyl sites for hydroxylation is 1. The molecule has 7 heteroatoms. The lowest BCUT2D eigenvalue weighted by molar-refractivity contribution is -0.164. The predicted octanol–water partition coefficient (Wildman–Crippen LogP) is 6.33. The maximum Gasteiger partial charge on any atom is 0.303 e. The van der Waals surface area contributed by atoms with Crippen LogP contribution >= 0.6 is 24.0 Å². The lowest BCUT2D eigenvalue weighted by Gasteiger charge is -2.47. The molecule has 2 atom stereocenters. The largest absolute Gasteiger partial charge is 0.493 e. The molecule has 0 aromatic heterocycles. The Morgan fingerprint density at radius 1 is 1.11 bits per heavy atom. The van der Waals surface area contributed by atoms with E-state index in [2.05, 4.69) is 44.0 Å². The van der Waals surface area contributed by atoms with Crippen molar-refractivity contribution in [3.8, 4) is 11.5 Å². The summed E-state index contributed by atoms with van der Waals surface area (Å²) in [5.74, 6) is 1.74. The van der Waals surface area contributed by atoms with Crippen molar-refractivity contribution in [2.45, 2.75) is 58.0 Å². The highest BCUT2D eigenvalue weighted by atomic mass is 35.5. The Labute approximate surface area is 221 Å². The number of halogens is 2. The minimum atomic E-state index is -0.515. The molecule has 0 aliphatic heterocycles. The summed E-state index contributed by atoms with van der Waals surface area (Å²) in [6, 6.07) is 12.2.